The largest absolute Gasteiger partial charge is 0.506 e. The van der Waals surface area contributed by atoms with E-state index in [2.05, 4.69) is 5.32 Å². The van der Waals surface area contributed by atoms with E-state index in [4.69, 9.17) is 16.3 Å². The number of benzene rings is 3. The number of rotatable bonds is 5. The molecular formula is C20H15ClN2O6. The predicted octanol–water partition coefficient (Wildman–Crippen LogP) is 4.29. The lowest BCUT2D eigenvalue weighted by Gasteiger charge is -2.15. The highest BCUT2D eigenvalue weighted by Gasteiger charge is 2.23. The van der Waals surface area contributed by atoms with Crippen LogP contribution < -0.4 is 5.32 Å². The van der Waals surface area contributed by atoms with Crippen molar-refractivity contribution in [2.24, 2.45) is 0 Å². The average molecular weight is 415 g/mol. The number of hydrogen-bond acceptors (Lipinski definition) is 6. The van der Waals surface area contributed by atoms with Gasteiger partial charge in [-0.2, -0.15) is 0 Å². The number of ether oxygens (including phenoxy) is 1. The number of halogens is 1. The highest BCUT2D eigenvalue weighted by molar-refractivity contribution is 6.33. The highest BCUT2D eigenvalue weighted by Crippen LogP contribution is 2.30. The molecular weight excluding hydrogens is 400 g/mol. The average Bonchev–Trinajstić information content (AvgIpc) is 2.69. The Morgan fingerprint density at radius 2 is 1.90 bits per heavy atom. The summed E-state index contributed by atoms with van der Waals surface area (Å²) in [7, 11) is 0. The summed E-state index contributed by atoms with van der Waals surface area (Å²) in [5.41, 5.74) is -0.325. The van der Waals surface area contributed by atoms with Crippen molar-refractivity contribution in [2.75, 3.05) is 5.32 Å². The van der Waals surface area contributed by atoms with Crippen molar-refractivity contribution in [3.8, 4) is 5.75 Å². The quantitative estimate of drug-likeness (QED) is 0.365. The van der Waals surface area contributed by atoms with Gasteiger partial charge < -0.3 is 15.2 Å². The third kappa shape index (κ3) is 4.27. The molecule has 0 aromatic heterocycles. The lowest BCUT2D eigenvalue weighted by atomic mass is 10.1. The third-order valence-electron chi connectivity index (χ3n) is 4.19. The van der Waals surface area contributed by atoms with Gasteiger partial charge in [-0.05, 0) is 24.4 Å². The van der Waals surface area contributed by atoms with Gasteiger partial charge in [0.25, 0.3) is 11.6 Å². The summed E-state index contributed by atoms with van der Waals surface area (Å²) in [6.07, 6.45) is -1.25. The van der Waals surface area contributed by atoms with E-state index >= 15 is 0 Å². The van der Waals surface area contributed by atoms with E-state index < -0.39 is 22.9 Å². The molecule has 0 spiro atoms. The number of amides is 1. The zero-order valence-corrected chi connectivity index (χ0v) is 15.8. The zero-order valence-electron chi connectivity index (χ0n) is 15.1. The summed E-state index contributed by atoms with van der Waals surface area (Å²) in [5, 5.41) is 24.9. The molecule has 1 atom stereocenters. The Kier molecular flexibility index (Phi) is 5.65. The fourth-order valence-corrected chi connectivity index (χ4v) is 2.82. The maximum atomic E-state index is 12.4. The van der Waals surface area contributed by atoms with Gasteiger partial charge in [-0.25, -0.2) is 4.79 Å². The van der Waals surface area contributed by atoms with Gasteiger partial charge in [0.05, 0.1) is 15.6 Å². The van der Waals surface area contributed by atoms with E-state index in [0.717, 1.165) is 11.5 Å². The van der Waals surface area contributed by atoms with Crippen LogP contribution in [0.4, 0.5) is 11.4 Å². The zero-order chi connectivity index (χ0) is 21.1. The van der Waals surface area contributed by atoms with Crippen LogP contribution in [-0.2, 0) is 9.53 Å². The van der Waals surface area contributed by atoms with E-state index in [9.17, 15) is 24.8 Å². The fourth-order valence-electron chi connectivity index (χ4n) is 2.65. The number of esters is 1. The Morgan fingerprint density at radius 3 is 2.62 bits per heavy atom. The lowest BCUT2D eigenvalue weighted by molar-refractivity contribution is -0.384. The number of aromatic hydroxyl groups is 1. The molecule has 2 N–H and O–H groups in total. The molecule has 0 fully saturated rings. The van der Waals surface area contributed by atoms with Crippen molar-refractivity contribution in [3.05, 3.63) is 75.3 Å². The van der Waals surface area contributed by atoms with Gasteiger partial charge in [0.1, 0.15) is 11.3 Å². The first-order valence-electron chi connectivity index (χ1n) is 8.44. The van der Waals surface area contributed by atoms with E-state index in [1.165, 1.54) is 25.1 Å². The van der Waals surface area contributed by atoms with Crippen LogP contribution in [-0.4, -0.2) is 28.0 Å². The number of carbonyl (C=O) groups excluding carboxylic acids is 2. The number of nitro benzene ring substituents is 1. The molecule has 148 valence electrons. The number of anilines is 1. The van der Waals surface area contributed by atoms with Crippen molar-refractivity contribution < 1.29 is 24.4 Å². The Balaban J connectivity index is 1.75. The summed E-state index contributed by atoms with van der Waals surface area (Å²) in [5.74, 6) is -1.87. The third-order valence-corrected chi connectivity index (χ3v) is 4.52. The first-order chi connectivity index (χ1) is 13.8. The minimum Gasteiger partial charge on any atom is -0.506 e. The number of phenolic OH excluding ortho intramolecular Hbond substituents is 1. The van der Waals surface area contributed by atoms with Crippen LogP contribution in [0.25, 0.3) is 10.8 Å². The molecule has 9 heteroatoms. The molecule has 0 aliphatic rings. The standard InChI is InChI=1S/C20H15ClN2O6/c1-11(19(25)22-17-10-13(23(27)28)7-9-16(17)21)29-20(26)15-8-6-12-4-2-3-5-14(12)18(15)24/h2-11,24H,1H3,(H,22,25)/t11-/m1/s1. The SMILES string of the molecule is C[C@@H](OC(=O)c1ccc2ccccc2c1O)C(=O)Nc1cc([N+](=O)[O-])ccc1Cl. The van der Waals surface area contributed by atoms with Crippen LogP contribution in [0, 0.1) is 10.1 Å². The summed E-state index contributed by atoms with van der Waals surface area (Å²) in [6.45, 7) is 1.33. The summed E-state index contributed by atoms with van der Waals surface area (Å²) in [6, 6.07) is 13.6. The fraction of sp³-hybridized carbons (Fsp3) is 0.100. The lowest BCUT2D eigenvalue weighted by Crippen LogP contribution is -2.30. The monoisotopic (exact) mass is 414 g/mol. The number of phenols is 1. The Hall–Kier alpha value is -3.65. The Labute approximate surface area is 169 Å². The maximum Gasteiger partial charge on any atom is 0.342 e. The first-order valence-corrected chi connectivity index (χ1v) is 8.82. The molecule has 0 radical (unpaired) electrons. The Bertz CT molecular complexity index is 1130. The van der Waals surface area contributed by atoms with Crippen molar-refractivity contribution in [3.63, 3.8) is 0 Å². The molecule has 1 amide bonds. The number of nitro groups is 1. The van der Waals surface area contributed by atoms with Gasteiger partial charge in [0.2, 0.25) is 0 Å². The van der Waals surface area contributed by atoms with Crippen LogP contribution in [0.2, 0.25) is 5.02 Å². The number of non-ortho nitro benzene ring substituents is 1. The van der Waals surface area contributed by atoms with Crippen molar-refractivity contribution in [1.82, 2.24) is 0 Å². The number of nitrogens with zero attached hydrogens (tertiary/aromatic N) is 1. The van der Waals surface area contributed by atoms with Gasteiger partial charge in [0, 0.05) is 17.5 Å². The summed E-state index contributed by atoms with van der Waals surface area (Å²) >= 11 is 5.95. The second kappa shape index (κ2) is 8.15. The van der Waals surface area contributed by atoms with E-state index in [1.54, 1.807) is 30.3 Å². The maximum absolute atomic E-state index is 12.4. The number of hydrogen-bond donors (Lipinski definition) is 2. The normalized spacial score (nSPS) is 11.7. The topological polar surface area (TPSA) is 119 Å². The number of carbonyl (C=O) groups is 2. The molecule has 3 aromatic rings. The molecule has 0 bridgehead atoms. The van der Waals surface area contributed by atoms with Crippen molar-refractivity contribution in [2.45, 2.75) is 13.0 Å². The molecule has 0 heterocycles. The minimum atomic E-state index is -1.25. The van der Waals surface area contributed by atoms with Crippen LogP contribution in [0.15, 0.2) is 54.6 Å². The molecule has 3 aromatic carbocycles. The van der Waals surface area contributed by atoms with E-state index in [0.29, 0.717) is 5.39 Å². The summed E-state index contributed by atoms with van der Waals surface area (Å²) < 4.78 is 5.13. The van der Waals surface area contributed by atoms with Gasteiger partial charge in [-0.15, -0.1) is 0 Å². The van der Waals surface area contributed by atoms with Gasteiger partial charge in [-0.1, -0.05) is 41.9 Å². The van der Waals surface area contributed by atoms with Gasteiger partial charge >= 0.3 is 5.97 Å². The van der Waals surface area contributed by atoms with Crippen LogP contribution >= 0.6 is 11.6 Å². The molecule has 0 unspecified atom stereocenters. The van der Waals surface area contributed by atoms with Crippen molar-refractivity contribution in [1.29, 1.82) is 0 Å². The number of fused-ring (bicyclic) bond motifs is 1. The minimum absolute atomic E-state index is 0.0160. The van der Waals surface area contributed by atoms with E-state index in [-0.39, 0.29) is 27.7 Å². The first kappa shape index (κ1) is 20.1. The van der Waals surface area contributed by atoms with Crippen molar-refractivity contribution >= 4 is 45.6 Å². The second-order valence-corrected chi connectivity index (χ2v) is 6.55. The summed E-state index contributed by atoms with van der Waals surface area (Å²) in [4.78, 5) is 35.0. The molecule has 0 aliphatic heterocycles. The van der Waals surface area contributed by atoms with Crippen LogP contribution in [0.3, 0.4) is 0 Å². The smallest absolute Gasteiger partial charge is 0.342 e. The predicted molar refractivity (Wildman–Crippen MR) is 107 cm³/mol. The molecule has 0 saturated carbocycles. The molecule has 0 aliphatic carbocycles. The second-order valence-electron chi connectivity index (χ2n) is 6.14. The number of nitrogens with one attached hydrogen (secondary N) is 1. The highest BCUT2D eigenvalue weighted by atomic mass is 35.5. The molecule has 0 saturated heterocycles. The molecule has 3 rings (SSSR count). The molecule has 8 nitrogen and oxygen atoms in total. The molecule has 29 heavy (non-hydrogen) atoms. The van der Waals surface area contributed by atoms with Crippen LogP contribution in [0.1, 0.15) is 17.3 Å². The van der Waals surface area contributed by atoms with Gasteiger partial charge in [-0.3, -0.25) is 14.9 Å². The van der Waals surface area contributed by atoms with Gasteiger partial charge in [0.15, 0.2) is 6.10 Å². The Morgan fingerprint density at radius 1 is 1.17 bits per heavy atom. The van der Waals surface area contributed by atoms with Crippen LogP contribution in [0.5, 0.6) is 5.75 Å². The van der Waals surface area contributed by atoms with E-state index in [1.807, 2.05) is 0 Å².